The van der Waals surface area contributed by atoms with Gasteiger partial charge >= 0.3 is 5.97 Å². The van der Waals surface area contributed by atoms with Crippen LogP contribution in [0.4, 0.5) is 5.00 Å². The second kappa shape index (κ2) is 8.87. The van der Waals surface area contributed by atoms with E-state index in [-0.39, 0.29) is 0 Å². The van der Waals surface area contributed by atoms with Crippen LogP contribution in [0.5, 0.6) is 11.5 Å². The minimum absolute atomic E-state index is 0.329. The molecule has 8 heteroatoms. The van der Waals surface area contributed by atoms with E-state index in [9.17, 15) is 10.1 Å². The lowest BCUT2D eigenvalue weighted by Crippen LogP contribution is -2.25. The van der Waals surface area contributed by atoms with E-state index in [1.54, 1.807) is 24.4 Å². The third kappa shape index (κ3) is 4.32. The van der Waals surface area contributed by atoms with E-state index in [0.717, 1.165) is 25.1 Å². The lowest BCUT2D eigenvalue weighted by molar-refractivity contribution is -0.139. The van der Waals surface area contributed by atoms with Gasteiger partial charge in [-0.1, -0.05) is 6.07 Å². The number of carboxylic acid groups (broad SMARTS) is 1. The average Bonchev–Trinajstić information content (AvgIpc) is 3.02. The third-order valence-electron chi connectivity index (χ3n) is 4.31. The molecule has 0 spiro atoms. The number of nitrogens with zero attached hydrogens (tertiary/aromatic N) is 3. The zero-order chi connectivity index (χ0) is 20.1. The van der Waals surface area contributed by atoms with Crippen LogP contribution in [0.3, 0.4) is 0 Å². The molecule has 3 rings (SSSR count). The quantitative estimate of drug-likeness (QED) is 0.719. The Kier molecular flexibility index (Phi) is 6.29. The smallest absolute Gasteiger partial charge is 0.341 e. The number of rotatable bonds is 7. The Hall–Kier alpha value is -2.89. The molecule has 1 aliphatic heterocycles. The van der Waals surface area contributed by atoms with Crippen molar-refractivity contribution in [1.82, 2.24) is 4.90 Å². The normalized spacial score (nSPS) is 13.9. The van der Waals surface area contributed by atoms with E-state index in [2.05, 4.69) is 23.0 Å². The largest absolute Gasteiger partial charge is 0.490 e. The Balaban J connectivity index is 1.95. The Morgan fingerprint density at radius 3 is 3.00 bits per heavy atom. The van der Waals surface area contributed by atoms with Crippen molar-refractivity contribution in [3.63, 3.8) is 0 Å². The molecule has 0 bridgehead atoms. The SMILES string of the molecule is CCOc1cccc(C=Nc2sc3c(c2C#N)CCN(C)C3)c1OCC(=O)O. The highest BCUT2D eigenvalue weighted by Gasteiger charge is 2.22. The van der Waals surface area contributed by atoms with Gasteiger partial charge in [-0.3, -0.25) is 0 Å². The molecule has 0 unspecified atom stereocenters. The van der Waals surface area contributed by atoms with E-state index < -0.39 is 12.6 Å². The van der Waals surface area contributed by atoms with Gasteiger partial charge in [0.15, 0.2) is 18.1 Å². The summed E-state index contributed by atoms with van der Waals surface area (Å²) in [7, 11) is 2.06. The summed E-state index contributed by atoms with van der Waals surface area (Å²) < 4.78 is 11.0. The Morgan fingerprint density at radius 2 is 2.29 bits per heavy atom. The highest BCUT2D eigenvalue weighted by molar-refractivity contribution is 7.16. The van der Waals surface area contributed by atoms with Crippen molar-refractivity contribution in [2.75, 3.05) is 26.8 Å². The van der Waals surface area contributed by atoms with Gasteiger partial charge in [-0.2, -0.15) is 5.26 Å². The van der Waals surface area contributed by atoms with Crippen molar-refractivity contribution in [3.8, 4) is 17.6 Å². The molecule has 1 aromatic heterocycles. The molecular formula is C20H21N3O4S. The summed E-state index contributed by atoms with van der Waals surface area (Å²) in [5.74, 6) is -0.286. The standard InChI is InChI=1S/C20H21N3O4S/c1-3-26-16-6-4-5-13(19(16)27-12-18(24)25)10-22-20-15(9-21)14-7-8-23(2)11-17(14)28-20/h4-6,10H,3,7-8,11-12H2,1-2H3,(H,24,25). The summed E-state index contributed by atoms with van der Waals surface area (Å²) in [6.07, 6.45) is 2.44. The highest BCUT2D eigenvalue weighted by atomic mass is 32.1. The fourth-order valence-corrected chi connectivity index (χ4v) is 4.27. The van der Waals surface area contributed by atoms with Crippen molar-refractivity contribution in [1.29, 1.82) is 5.26 Å². The predicted octanol–water partition coefficient (Wildman–Crippen LogP) is 3.22. The molecule has 0 radical (unpaired) electrons. The predicted molar refractivity (Wildman–Crippen MR) is 107 cm³/mol. The molecule has 0 atom stereocenters. The molecule has 146 valence electrons. The number of para-hydroxylation sites is 1. The summed E-state index contributed by atoms with van der Waals surface area (Å²) in [6, 6.07) is 7.57. The fraction of sp³-hybridized carbons (Fsp3) is 0.350. The van der Waals surface area contributed by atoms with Gasteiger partial charge in [0.2, 0.25) is 0 Å². The van der Waals surface area contributed by atoms with Gasteiger partial charge in [0.05, 0.1) is 12.2 Å². The molecule has 0 saturated carbocycles. The van der Waals surface area contributed by atoms with Crippen molar-refractivity contribution < 1.29 is 19.4 Å². The molecule has 0 fully saturated rings. The van der Waals surface area contributed by atoms with E-state index in [4.69, 9.17) is 14.6 Å². The van der Waals surface area contributed by atoms with Crippen LogP contribution >= 0.6 is 11.3 Å². The van der Waals surface area contributed by atoms with Crippen LogP contribution in [0.25, 0.3) is 0 Å². The van der Waals surface area contributed by atoms with Crippen LogP contribution in [-0.4, -0.2) is 49.0 Å². The maximum atomic E-state index is 10.9. The van der Waals surface area contributed by atoms with Gasteiger partial charge in [-0.15, -0.1) is 11.3 Å². The van der Waals surface area contributed by atoms with E-state index >= 15 is 0 Å². The number of benzene rings is 1. The highest BCUT2D eigenvalue weighted by Crippen LogP contribution is 2.38. The number of thiophene rings is 1. The monoisotopic (exact) mass is 399 g/mol. The second-order valence-corrected chi connectivity index (χ2v) is 7.42. The molecular weight excluding hydrogens is 378 g/mol. The molecule has 2 aromatic rings. The zero-order valence-electron chi connectivity index (χ0n) is 15.8. The second-order valence-electron chi connectivity index (χ2n) is 6.33. The molecule has 1 aromatic carbocycles. The van der Waals surface area contributed by atoms with Crippen LogP contribution in [0.2, 0.25) is 0 Å². The summed E-state index contributed by atoms with van der Waals surface area (Å²) in [4.78, 5) is 18.8. The number of likely N-dealkylation sites (N-methyl/N-ethyl adjacent to an activating group) is 1. The van der Waals surface area contributed by atoms with Crippen LogP contribution in [0.15, 0.2) is 23.2 Å². The Bertz CT molecular complexity index is 946. The fourth-order valence-electron chi connectivity index (χ4n) is 3.04. The Labute approximate surface area is 167 Å². The maximum absolute atomic E-state index is 10.9. The third-order valence-corrected chi connectivity index (χ3v) is 5.44. The minimum Gasteiger partial charge on any atom is -0.490 e. The van der Waals surface area contributed by atoms with Crippen molar-refractivity contribution in [2.24, 2.45) is 4.99 Å². The average molecular weight is 399 g/mol. The first-order chi connectivity index (χ1) is 13.5. The number of carbonyl (C=O) groups is 1. The van der Waals surface area contributed by atoms with Crippen molar-refractivity contribution >= 4 is 28.5 Å². The Morgan fingerprint density at radius 1 is 1.46 bits per heavy atom. The number of aliphatic imine (C=N–C) groups is 1. The summed E-state index contributed by atoms with van der Waals surface area (Å²) in [6.45, 7) is 3.53. The van der Waals surface area contributed by atoms with Gasteiger partial charge in [0.1, 0.15) is 11.1 Å². The van der Waals surface area contributed by atoms with E-state index in [1.165, 1.54) is 16.2 Å². The van der Waals surface area contributed by atoms with Crippen LogP contribution in [-0.2, 0) is 17.8 Å². The molecule has 0 aliphatic carbocycles. The van der Waals surface area contributed by atoms with Gasteiger partial charge < -0.3 is 19.5 Å². The topological polar surface area (TPSA) is 95.1 Å². The zero-order valence-corrected chi connectivity index (χ0v) is 16.6. The van der Waals surface area contributed by atoms with E-state index in [0.29, 0.717) is 34.2 Å². The first kappa shape index (κ1) is 19.9. The lowest BCUT2D eigenvalue weighted by Gasteiger charge is -2.21. The number of hydrogen-bond donors (Lipinski definition) is 1. The van der Waals surface area contributed by atoms with Gasteiger partial charge in [0, 0.05) is 29.7 Å². The molecule has 1 aliphatic rings. The van der Waals surface area contributed by atoms with Gasteiger partial charge in [-0.25, -0.2) is 9.79 Å². The molecule has 1 N–H and O–H groups in total. The number of fused-ring (bicyclic) bond motifs is 1. The number of ether oxygens (including phenoxy) is 2. The molecule has 28 heavy (non-hydrogen) atoms. The molecule has 0 saturated heterocycles. The molecule has 0 amide bonds. The number of aliphatic carboxylic acids is 1. The summed E-state index contributed by atoms with van der Waals surface area (Å²) >= 11 is 1.52. The van der Waals surface area contributed by atoms with Crippen LogP contribution in [0.1, 0.15) is 28.5 Å². The first-order valence-corrected chi connectivity index (χ1v) is 9.72. The number of nitriles is 1. The summed E-state index contributed by atoms with van der Waals surface area (Å²) in [5, 5.41) is 19.2. The van der Waals surface area contributed by atoms with Crippen molar-refractivity contribution in [3.05, 3.63) is 39.8 Å². The first-order valence-electron chi connectivity index (χ1n) is 8.91. The van der Waals surface area contributed by atoms with E-state index in [1.807, 2.05) is 6.92 Å². The number of hydrogen-bond acceptors (Lipinski definition) is 7. The van der Waals surface area contributed by atoms with Gasteiger partial charge in [0.25, 0.3) is 0 Å². The molecule has 7 nitrogen and oxygen atoms in total. The van der Waals surface area contributed by atoms with Crippen LogP contribution < -0.4 is 9.47 Å². The molecule has 2 heterocycles. The minimum atomic E-state index is -1.07. The number of carboxylic acids is 1. The lowest BCUT2D eigenvalue weighted by atomic mass is 10.0. The van der Waals surface area contributed by atoms with Crippen LogP contribution in [0, 0.1) is 11.3 Å². The maximum Gasteiger partial charge on any atom is 0.341 e. The summed E-state index contributed by atoms with van der Waals surface area (Å²) in [5.41, 5.74) is 2.31. The van der Waals surface area contributed by atoms with Crippen molar-refractivity contribution in [2.45, 2.75) is 19.9 Å². The van der Waals surface area contributed by atoms with Gasteiger partial charge in [-0.05, 0) is 38.1 Å².